The second-order valence-corrected chi connectivity index (χ2v) is 3.22. The molecule has 0 aliphatic carbocycles. The van der Waals surface area contributed by atoms with Crippen LogP contribution in [0.4, 0.5) is 0 Å². The molecule has 0 aromatic carbocycles. The van der Waals surface area contributed by atoms with Crippen LogP contribution in [-0.4, -0.2) is 25.8 Å². The Balaban J connectivity index is 2.97. The molecule has 1 N–H and O–H groups in total. The van der Waals surface area contributed by atoms with Crippen molar-refractivity contribution in [1.29, 1.82) is 0 Å². The molecule has 0 rings (SSSR count). The van der Waals surface area contributed by atoms with E-state index in [1.165, 1.54) is 19.3 Å². The molecule has 1 unspecified atom stereocenters. The maximum absolute atomic E-state index is 5.57. The van der Waals surface area contributed by atoms with E-state index in [0.29, 0.717) is 6.10 Å². The zero-order chi connectivity index (χ0) is 9.23. The summed E-state index contributed by atoms with van der Waals surface area (Å²) in [7, 11) is 0. The van der Waals surface area contributed by atoms with Crippen LogP contribution < -0.4 is 5.32 Å². The first-order valence-electron chi connectivity index (χ1n) is 5.13. The van der Waals surface area contributed by atoms with E-state index in [0.717, 1.165) is 19.7 Å². The van der Waals surface area contributed by atoms with Crippen molar-refractivity contribution in [3.05, 3.63) is 0 Å². The molecule has 2 heteroatoms. The highest BCUT2D eigenvalue weighted by Gasteiger charge is 1.98. The second-order valence-electron chi connectivity index (χ2n) is 3.22. The minimum Gasteiger partial charge on any atom is -0.377 e. The first-order chi connectivity index (χ1) is 5.81. The molecule has 0 bridgehead atoms. The molecule has 0 fully saturated rings. The van der Waals surface area contributed by atoms with E-state index in [-0.39, 0.29) is 0 Å². The van der Waals surface area contributed by atoms with Crippen LogP contribution in [0.5, 0.6) is 0 Å². The molecule has 0 aromatic heterocycles. The van der Waals surface area contributed by atoms with Crippen LogP contribution >= 0.6 is 0 Å². The van der Waals surface area contributed by atoms with Crippen LogP contribution in [0, 0.1) is 0 Å². The van der Waals surface area contributed by atoms with E-state index in [9.17, 15) is 0 Å². The van der Waals surface area contributed by atoms with Gasteiger partial charge in [0, 0.05) is 6.54 Å². The topological polar surface area (TPSA) is 21.3 Å². The molecule has 1 atom stereocenters. The Morgan fingerprint density at radius 3 is 2.50 bits per heavy atom. The second kappa shape index (κ2) is 9.01. The molecule has 0 radical (unpaired) electrons. The van der Waals surface area contributed by atoms with Crippen molar-refractivity contribution < 1.29 is 4.74 Å². The van der Waals surface area contributed by atoms with Crippen LogP contribution in [0.1, 0.15) is 40.0 Å². The zero-order valence-corrected chi connectivity index (χ0v) is 8.73. The van der Waals surface area contributed by atoms with Crippen LogP contribution in [0.3, 0.4) is 0 Å². The van der Waals surface area contributed by atoms with E-state index in [1.807, 2.05) is 0 Å². The fraction of sp³-hybridized carbons (Fsp3) is 1.00. The van der Waals surface area contributed by atoms with Gasteiger partial charge in [-0.25, -0.2) is 0 Å². The van der Waals surface area contributed by atoms with Gasteiger partial charge in [-0.1, -0.05) is 20.3 Å². The van der Waals surface area contributed by atoms with Gasteiger partial charge in [0.05, 0.1) is 12.7 Å². The lowest BCUT2D eigenvalue weighted by atomic mass is 10.2. The van der Waals surface area contributed by atoms with E-state index in [2.05, 4.69) is 26.1 Å². The minimum absolute atomic E-state index is 0.429. The first-order valence-corrected chi connectivity index (χ1v) is 5.13. The Morgan fingerprint density at radius 2 is 1.92 bits per heavy atom. The number of hydrogen-bond donors (Lipinski definition) is 1. The van der Waals surface area contributed by atoms with Crippen molar-refractivity contribution in [1.82, 2.24) is 5.32 Å². The average Bonchev–Trinajstić information content (AvgIpc) is 2.05. The Kier molecular flexibility index (Phi) is 8.95. The lowest BCUT2D eigenvalue weighted by Gasteiger charge is -2.11. The number of rotatable bonds is 8. The Bertz CT molecular complexity index is 85.9. The molecule has 74 valence electrons. The summed E-state index contributed by atoms with van der Waals surface area (Å²) in [6.45, 7) is 9.45. The van der Waals surface area contributed by atoms with Gasteiger partial charge in [-0.15, -0.1) is 0 Å². The van der Waals surface area contributed by atoms with E-state index < -0.39 is 0 Å². The fourth-order valence-corrected chi connectivity index (χ4v) is 1.12. The summed E-state index contributed by atoms with van der Waals surface area (Å²) < 4.78 is 5.57. The lowest BCUT2D eigenvalue weighted by Crippen LogP contribution is -2.22. The van der Waals surface area contributed by atoms with E-state index in [4.69, 9.17) is 4.74 Å². The molecular weight excluding hydrogens is 150 g/mol. The van der Waals surface area contributed by atoms with Crippen molar-refractivity contribution in [3.63, 3.8) is 0 Å². The minimum atomic E-state index is 0.429. The molecule has 12 heavy (non-hydrogen) atoms. The Labute approximate surface area is 76.7 Å². The quantitative estimate of drug-likeness (QED) is 0.568. The zero-order valence-electron chi connectivity index (χ0n) is 8.73. The summed E-state index contributed by atoms with van der Waals surface area (Å²) in [6, 6.07) is 0. The molecular formula is C10H23NO. The number of hydrogen-bond acceptors (Lipinski definition) is 2. The van der Waals surface area contributed by atoms with E-state index >= 15 is 0 Å². The molecule has 0 saturated carbocycles. The van der Waals surface area contributed by atoms with Crippen molar-refractivity contribution >= 4 is 0 Å². The van der Waals surface area contributed by atoms with Gasteiger partial charge >= 0.3 is 0 Å². The standard InChI is InChI=1S/C10H23NO/c1-4-6-10(3)12-9-8-11-7-5-2/h10-11H,4-9H2,1-3H3. The summed E-state index contributed by atoms with van der Waals surface area (Å²) in [4.78, 5) is 0. The third-order valence-electron chi connectivity index (χ3n) is 1.80. The summed E-state index contributed by atoms with van der Waals surface area (Å²) >= 11 is 0. The Morgan fingerprint density at radius 1 is 1.17 bits per heavy atom. The predicted octanol–water partition coefficient (Wildman–Crippen LogP) is 2.19. The van der Waals surface area contributed by atoms with Crippen LogP contribution in [0.15, 0.2) is 0 Å². The molecule has 0 aliphatic rings. The van der Waals surface area contributed by atoms with Crippen LogP contribution in [0.2, 0.25) is 0 Å². The van der Waals surface area contributed by atoms with Gasteiger partial charge in [-0.3, -0.25) is 0 Å². The largest absolute Gasteiger partial charge is 0.377 e. The van der Waals surface area contributed by atoms with Gasteiger partial charge in [0.15, 0.2) is 0 Å². The predicted molar refractivity (Wildman–Crippen MR) is 53.5 cm³/mol. The highest BCUT2D eigenvalue weighted by atomic mass is 16.5. The first kappa shape index (κ1) is 11.9. The Hall–Kier alpha value is -0.0800. The van der Waals surface area contributed by atoms with Gasteiger partial charge in [-0.2, -0.15) is 0 Å². The molecule has 0 aliphatic heterocycles. The van der Waals surface area contributed by atoms with Crippen LogP contribution in [0.25, 0.3) is 0 Å². The van der Waals surface area contributed by atoms with Crippen molar-refractivity contribution in [2.45, 2.75) is 46.1 Å². The smallest absolute Gasteiger partial charge is 0.0594 e. The van der Waals surface area contributed by atoms with Crippen molar-refractivity contribution in [3.8, 4) is 0 Å². The highest BCUT2D eigenvalue weighted by Crippen LogP contribution is 1.99. The highest BCUT2D eigenvalue weighted by molar-refractivity contribution is 4.49. The molecule has 2 nitrogen and oxygen atoms in total. The average molecular weight is 173 g/mol. The normalized spacial score (nSPS) is 13.2. The van der Waals surface area contributed by atoms with Crippen LogP contribution in [-0.2, 0) is 4.74 Å². The number of ether oxygens (including phenoxy) is 1. The monoisotopic (exact) mass is 173 g/mol. The molecule has 0 spiro atoms. The van der Waals surface area contributed by atoms with Gasteiger partial charge < -0.3 is 10.1 Å². The molecule has 0 amide bonds. The number of nitrogens with one attached hydrogen (secondary N) is 1. The van der Waals surface area contributed by atoms with Crippen molar-refractivity contribution in [2.75, 3.05) is 19.7 Å². The van der Waals surface area contributed by atoms with Gasteiger partial charge in [0.25, 0.3) is 0 Å². The lowest BCUT2D eigenvalue weighted by molar-refractivity contribution is 0.0619. The summed E-state index contributed by atoms with van der Waals surface area (Å²) in [5, 5.41) is 3.31. The van der Waals surface area contributed by atoms with Gasteiger partial charge in [0.2, 0.25) is 0 Å². The summed E-state index contributed by atoms with van der Waals surface area (Å²) in [5.41, 5.74) is 0. The third-order valence-corrected chi connectivity index (χ3v) is 1.80. The maximum atomic E-state index is 5.57. The summed E-state index contributed by atoms with van der Waals surface area (Å²) in [6.07, 6.45) is 4.01. The fourth-order valence-electron chi connectivity index (χ4n) is 1.12. The summed E-state index contributed by atoms with van der Waals surface area (Å²) in [5.74, 6) is 0. The van der Waals surface area contributed by atoms with E-state index in [1.54, 1.807) is 0 Å². The van der Waals surface area contributed by atoms with Crippen molar-refractivity contribution in [2.24, 2.45) is 0 Å². The molecule has 0 saturated heterocycles. The van der Waals surface area contributed by atoms with Gasteiger partial charge in [0.1, 0.15) is 0 Å². The van der Waals surface area contributed by atoms with Gasteiger partial charge in [-0.05, 0) is 26.3 Å². The third kappa shape index (κ3) is 8.02. The maximum Gasteiger partial charge on any atom is 0.0594 e. The SMILES string of the molecule is CCCNCCOC(C)CCC. The molecule has 0 heterocycles. The molecule has 0 aromatic rings.